The predicted molar refractivity (Wildman–Crippen MR) is 78.3 cm³/mol. The van der Waals surface area contributed by atoms with Gasteiger partial charge in [0.05, 0.1) is 0 Å². The van der Waals surface area contributed by atoms with E-state index in [0.717, 1.165) is 39.3 Å². The van der Waals surface area contributed by atoms with Crippen LogP contribution in [0.4, 0.5) is 0 Å². The molecule has 0 heterocycles. The molecule has 0 spiro atoms. The third-order valence-electron chi connectivity index (χ3n) is 2.49. The monoisotopic (exact) mass is 234 g/mol. The van der Waals surface area contributed by atoms with E-state index in [1.165, 1.54) is 0 Å². The fraction of sp³-hybridized carbons (Fsp3) is 0.467. The van der Waals surface area contributed by atoms with Crippen molar-refractivity contribution in [1.29, 1.82) is 0 Å². The summed E-state index contributed by atoms with van der Waals surface area (Å²) < 4.78 is 0. The molecule has 0 aromatic heterocycles. The maximum absolute atomic E-state index is 3.80. The van der Waals surface area contributed by atoms with Crippen LogP contribution in [0, 0.1) is 0 Å². The Morgan fingerprint density at radius 1 is 0.765 bits per heavy atom. The molecule has 0 unspecified atom stereocenters. The van der Waals surface area contributed by atoms with Gasteiger partial charge in [-0.1, -0.05) is 30.4 Å². The van der Waals surface area contributed by atoms with Gasteiger partial charge in [0.25, 0.3) is 0 Å². The van der Waals surface area contributed by atoms with Crippen LogP contribution in [-0.2, 0) is 0 Å². The van der Waals surface area contributed by atoms with Crippen molar-refractivity contribution < 1.29 is 0 Å². The first-order valence-electron chi connectivity index (χ1n) is 6.17. The van der Waals surface area contributed by atoms with Crippen LogP contribution in [0.1, 0.15) is 6.92 Å². The van der Waals surface area contributed by atoms with Crippen LogP contribution in [0.2, 0.25) is 0 Å². The Bertz CT molecular complexity index is 233. The molecule has 0 saturated carbocycles. The summed E-state index contributed by atoms with van der Waals surface area (Å²) in [6, 6.07) is 0. The molecule has 0 aromatic rings. The minimum atomic E-state index is 0.914. The van der Waals surface area contributed by atoms with Gasteiger partial charge in [0.2, 0.25) is 0 Å². The van der Waals surface area contributed by atoms with Crippen LogP contribution in [0.3, 0.4) is 0 Å². The summed E-state index contributed by atoms with van der Waals surface area (Å²) in [6.07, 6.45) is 10.1. The van der Waals surface area contributed by atoms with Gasteiger partial charge in [-0.3, -0.25) is 9.80 Å². The highest BCUT2D eigenvalue weighted by atomic mass is 15.2. The maximum atomic E-state index is 3.80. The topological polar surface area (TPSA) is 6.48 Å². The molecule has 2 heteroatoms. The SMILES string of the molecule is C=CCN(CC=C)CCN(CC=C)C/C=C/C. The zero-order valence-electron chi connectivity index (χ0n) is 11.1. The zero-order valence-corrected chi connectivity index (χ0v) is 11.1. The van der Waals surface area contributed by atoms with Gasteiger partial charge in [-0.25, -0.2) is 0 Å². The maximum Gasteiger partial charge on any atom is 0.0166 e. The second kappa shape index (κ2) is 11.4. The highest BCUT2D eigenvalue weighted by molar-refractivity contribution is 4.86. The Morgan fingerprint density at radius 2 is 1.18 bits per heavy atom. The van der Waals surface area contributed by atoms with Crippen molar-refractivity contribution in [2.45, 2.75) is 6.92 Å². The van der Waals surface area contributed by atoms with Crippen LogP contribution < -0.4 is 0 Å². The number of hydrogen-bond acceptors (Lipinski definition) is 2. The van der Waals surface area contributed by atoms with Gasteiger partial charge >= 0.3 is 0 Å². The van der Waals surface area contributed by atoms with Gasteiger partial charge in [0.1, 0.15) is 0 Å². The molecule has 2 nitrogen and oxygen atoms in total. The van der Waals surface area contributed by atoms with Gasteiger partial charge < -0.3 is 0 Å². The summed E-state index contributed by atoms with van der Waals surface area (Å²) in [5.41, 5.74) is 0. The number of nitrogens with zero attached hydrogens (tertiary/aromatic N) is 2. The minimum Gasteiger partial charge on any atom is -0.295 e. The van der Waals surface area contributed by atoms with Crippen LogP contribution in [-0.4, -0.2) is 49.1 Å². The lowest BCUT2D eigenvalue weighted by atomic mass is 10.3. The number of hydrogen-bond donors (Lipinski definition) is 0. The quantitative estimate of drug-likeness (QED) is 0.507. The summed E-state index contributed by atoms with van der Waals surface area (Å²) in [5.74, 6) is 0. The Labute approximate surface area is 107 Å². The molecule has 0 rings (SSSR count). The normalized spacial score (nSPS) is 11.2. The van der Waals surface area contributed by atoms with E-state index in [1.54, 1.807) is 0 Å². The molecule has 0 aromatic carbocycles. The average Bonchev–Trinajstić information content (AvgIpc) is 2.33. The summed E-state index contributed by atoms with van der Waals surface area (Å²) in [7, 11) is 0. The van der Waals surface area contributed by atoms with Crippen molar-refractivity contribution in [3.63, 3.8) is 0 Å². The molecule has 0 radical (unpaired) electrons. The van der Waals surface area contributed by atoms with Gasteiger partial charge in [-0.2, -0.15) is 0 Å². The Balaban J connectivity index is 4.08. The van der Waals surface area contributed by atoms with Crippen molar-refractivity contribution in [1.82, 2.24) is 9.80 Å². The molecule has 96 valence electrons. The van der Waals surface area contributed by atoms with Crippen LogP contribution in [0.25, 0.3) is 0 Å². The Hall–Kier alpha value is -1.12. The fourth-order valence-corrected chi connectivity index (χ4v) is 1.60. The molecule has 0 saturated heterocycles. The molecule has 17 heavy (non-hydrogen) atoms. The van der Waals surface area contributed by atoms with E-state index in [-0.39, 0.29) is 0 Å². The first-order valence-corrected chi connectivity index (χ1v) is 6.17. The van der Waals surface area contributed by atoms with E-state index in [2.05, 4.69) is 41.7 Å². The van der Waals surface area contributed by atoms with E-state index in [9.17, 15) is 0 Å². The summed E-state index contributed by atoms with van der Waals surface area (Å²) in [5, 5.41) is 0. The molecule has 0 amide bonds. The molecule has 0 aliphatic carbocycles. The Morgan fingerprint density at radius 3 is 1.53 bits per heavy atom. The molecule has 0 atom stereocenters. The molecule has 0 aliphatic rings. The number of allylic oxidation sites excluding steroid dienone is 1. The molecule has 0 bridgehead atoms. The van der Waals surface area contributed by atoms with Crippen LogP contribution >= 0.6 is 0 Å². The smallest absolute Gasteiger partial charge is 0.0166 e. The van der Waals surface area contributed by atoms with Gasteiger partial charge in [0, 0.05) is 39.3 Å². The average molecular weight is 234 g/mol. The summed E-state index contributed by atoms with van der Waals surface area (Å²) in [4.78, 5) is 4.69. The highest BCUT2D eigenvalue weighted by Gasteiger charge is 2.04. The first-order chi connectivity index (χ1) is 8.28. The fourth-order valence-electron chi connectivity index (χ4n) is 1.60. The lowest BCUT2D eigenvalue weighted by Crippen LogP contribution is -2.35. The third-order valence-corrected chi connectivity index (χ3v) is 2.49. The summed E-state index contributed by atoms with van der Waals surface area (Å²) in [6.45, 7) is 19.2. The van der Waals surface area contributed by atoms with Gasteiger partial charge in [0.15, 0.2) is 0 Å². The molecule has 0 fully saturated rings. The summed E-state index contributed by atoms with van der Waals surface area (Å²) >= 11 is 0. The second-order valence-corrected chi connectivity index (χ2v) is 3.95. The van der Waals surface area contributed by atoms with E-state index >= 15 is 0 Å². The van der Waals surface area contributed by atoms with E-state index < -0.39 is 0 Å². The highest BCUT2D eigenvalue weighted by Crippen LogP contribution is 1.95. The largest absolute Gasteiger partial charge is 0.295 e. The third kappa shape index (κ3) is 8.66. The van der Waals surface area contributed by atoms with Crippen molar-refractivity contribution in [3.05, 3.63) is 50.1 Å². The number of rotatable bonds is 11. The molecular formula is C15H26N2. The minimum absolute atomic E-state index is 0.914. The zero-order chi connectivity index (χ0) is 12.9. The van der Waals surface area contributed by atoms with E-state index in [0.29, 0.717) is 0 Å². The molecule has 0 aliphatic heterocycles. The first kappa shape index (κ1) is 15.9. The standard InChI is InChI=1S/C15H26N2/c1-5-9-13-17(12-8-4)15-14-16(10-6-2)11-7-3/h5-9H,2-4,10-15H2,1H3/b9-5+. The van der Waals surface area contributed by atoms with Gasteiger partial charge in [-0.15, -0.1) is 19.7 Å². The van der Waals surface area contributed by atoms with E-state index in [1.807, 2.05) is 25.2 Å². The van der Waals surface area contributed by atoms with Crippen LogP contribution in [0.5, 0.6) is 0 Å². The van der Waals surface area contributed by atoms with Gasteiger partial charge in [-0.05, 0) is 6.92 Å². The molecular weight excluding hydrogens is 208 g/mol. The lowest BCUT2D eigenvalue weighted by Gasteiger charge is -2.24. The van der Waals surface area contributed by atoms with Crippen molar-refractivity contribution >= 4 is 0 Å². The van der Waals surface area contributed by atoms with Crippen molar-refractivity contribution in [2.24, 2.45) is 0 Å². The molecule has 0 N–H and O–H groups in total. The van der Waals surface area contributed by atoms with Crippen LogP contribution in [0.15, 0.2) is 50.1 Å². The lowest BCUT2D eigenvalue weighted by molar-refractivity contribution is 0.254. The van der Waals surface area contributed by atoms with Crippen molar-refractivity contribution in [2.75, 3.05) is 39.3 Å². The predicted octanol–water partition coefficient (Wildman–Crippen LogP) is 2.72. The Kier molecular flexibility index (Phi) is 10.6. The van der Waals surface area contributed by atoms with E-state index in [4.69, 9.17) is 0 Å². The van der Waals surface area contributed by atoms with Crippen molar-refractivity contribution in [3.8, 4) is 0 Å². The second-order valence-electron chi connectivity index (χ2n) is 3.95.